The summed E-state index contributed by atoms with van der Waals surface area (Å²) >= 11 is 0. The molecule has 1 aliphatic rings. The highest BCUT2D eigenvalue weighted by Crippen LogP contribution is 2.33. The summed E-state index contributed by atoms with van der Waals surface area (Å²) in [5.74, 6) is 0. The molecule has 1 aromatic carbocycles. The maximum Gasteiger partial charge on any atom is 0.292 e. The van der Waals surface area contributed by atoms with E-state index < -0.39 is 0 Å². The molecule has 1 saturated heterocycles. The third-order valence-corrected chi connectivity index (χ3v) is 3.66. The number of nitrogens with zero attached hydrogens (tertiary/aromatic N) is 1. The Labute approximate surface area is 106 Å². The Balaban J connectivity index is 2.31. The molecule has 0 aliphatic carbocycles. The van der Waals surface area contributed by atoms with Gasteiger partial charge in [0, 0.05) is 12.7 Å². The number of nitro benzene ring substituents is 1. The van der Waals surface area contributed by atoms with Gasteiger partial charge in [0.25, 0.3) is 5.69 Å². The van der Waals surface area contributed by atoms with Crippen LogP contribution >= 0.6 is 0 Å². The number of hydrogen-bond donors (Lipinski definition) is 1. The molecule has 1 heterocycles. The summed E-state index contributed by atoms with van der Waals surface area (Å²) in [6, 6.07) is 5.23. The first-order valence-corrected chi connectivity index (χ1v) is 6.07. The lowest BCUT2D eigenvalue weighted by Gasteiger charge is -2.29. The maximum absolute atomic E-state index is 11.1. The average molecular weight is 250 g/mol. The Hall–Kier alpha value is -1.62. The van der Waals surface area contributed by atoms with E-state index >= 15 is 0 Å². The van der Waals surface area contributed by atoms with Gasteiger partial charge in [-0.05, 0) is 38.8 Å². The molecule has 5 nitrogen and oxygen atoms in total. The van der Waals surface area contributed by atoms with Gasteiger partial charge >= 0.3 is 0 Å². The van der Waals surface area contributed by atoms with E-state index in [4.69, 9.17) is 4.74 Å². The molecule has 0 amide bonds. The standard InChI is InChI=1S/C13H18N2O3/c1-9-4-5-11(12(8-9)15(16)17)14-13(3)6-7-18-10(13)2/h4-5,8,10,14H,6-7H2,1-3H3. The van der Waals surface area contributed by atoms with Crippen LogP contribution in [0.3, 0.4) is 0 Å². The van der Waals surface area contributed by atoms with Crippen molar-refractivity contribution in [1.29, 1.82) is 0 Å². The molecule has 0 radical (unpaired) electrons. The fraction of sp³-hybridized carbons (Fsp3) is 0.538. The van der Waals surface area contributed by atoms with Gasteiger partial charge in [0.15, 0.2) is 0 Å². The summed E-state index contributed by atoms with van der Waals surface area (Å²) in [6.07, 6.45) is 0.887. The third-order valence-electron chi connectivity index (χ3n) is 3.66. The molecule has 18 heavy (non-hydrogen) atoms. The summed E-state index contributed by atoms with van der Waals surface area (Å²) in [5, 5.41) is 14.3. The molecule has 0 bridgehead atoms. The molecular formula is C13H18N2O3. The molecule has 1 N–H and O–H groups in total. The molecule has 2 atom stereocenters. The van der Waals surface area contributed by atoms with Crippen molar-refractivity contribution in [2.24, 2.45) is 0 Å². The van der Waals surface area contributed by atoms with Crippen molar-refractivity contribution < 1.29 is 9.66 Å². The normalized spacial score (nSPS) is 27.2. The predicted octanol–water partition coefficient (Wildman–Crippen LogP) is 2.88. The molecule has 2 rings (SSSR count). The summed E-state index contributed by atoms with van der Waals surface area (Å²) in [5.41, 5.74) is 1.31. The average Bonchev–Trinajstić information content (AvgIpc) is 2.61. The zero-order chi connectivity index (χ0) is 13.3. The Morgan fingerprint density at radius 3 is 2.83 bits per heavy atom. The Bertz CT molecular complexity index is 475. The van der Waals surface area contributed by atoms with Crippen LogP contribution in [-0.2, 0) is 4.74 Å². The molecule has 0 saturated carbocycles. The number of anilines is 1. The largest absolute Gasteiger partial charge is 0.376 e. The van der Waals surface area contributed by atoms with E-state index in [0.29, 0.717) is 12.3 Å². The fourth-order valence-corrected chi connectivity index (χ4v) is 2.21. The van der Waals surface area contributed by atoms with E-state index in [2.05, 4.69) is 5.32 Å². The van der Waals surface area contributed by atoms with Gasteiger partial charge in [-0.3, -0.25) is 10.1 Å². The quantitative estimate of drug-likeness (QED) is 0.661. The molecule has 1 fully saturated rings. The number of hydrogen-bond acceptors (Lipinski definition) is 4. The SMILES string of the molecule is Cc1ccc(NC2(C)CCOC2C)c([N+](=O)[O-])c1. The predicted molar refractivity (Wildman–Crippen MR) is 69.9 cm³/mol. The van der Waals surface area contributed by atoms with Gasteiger partial charge in [-0.1, -0.05) is 6.07 Å². The molecular weight excluding hydrogens is 232 g/mol. The first-order chi connectivity index (χ1) is 8.42. The second-order valence-electron chi connectivity index (χ2n) is 5.08. The van der Waals surface area contributed by atoms with Crippen LogP contribution in [0.4, 0.5) is 11.4 Å². The number of benzene rings is 1. The minimum Gasteiger partial charge on any atom is -0.376 e. The number of aryl methyl sites for hydroxylation is 1. The molecule has 98 valence electrons. The summed E-state index contributed by atoms with van der Waals surface area (Å²) < 4.78 is 5.53. The maximum atomic E-state index is 11.1. The van der Waals surface area contributed by atoms with Gasteiger partial charge in [0.05, 0.1) is 16.6 Å². The third kappa shape index (κ3) is 2.31. The Morgan fingerprint density at radius 2 is 2.28 bits per heavy atom. The fourth-order valence-electron chi connectivity index (χ4n) is 2.21. The van der Waals surface area contributed by atoms with Gasteiger partial charge in [0.1, 0.15) is 5.69 Å². The minimum absolute atomic E-state index is 0.0402. The van der Waals surface area contributed by atoms with Gasteiger partial charge < -0.3 is 10.1 Å². The first-order valence-electron chi connectivity index (χ1n) is 6.07. The van der Waals surface area contributed by atoms with Crippen molar-refractivity contribution in [2.75, 3.05) is 11.9 Å². The monoisotopic (exact) mass is 250 g/mol. The topological polar surface area (TPSA) is 64.4 Å². The highest BCUT2D eigenvalue weighted by atomic mass is 16.6. The van der Waals surface area contributed by atoms with Crippen LogP contribution < -0.4 is 5.32 Å². The van der Waals surface area contributed by atoms with Crippen LogP contribution in [0.1, 0.15) is 25.8 Å². The van der Waals surface area contributed by atoms with E-state index in [9.17, 15) is 10.1 Å². The van der Waals surface area contributed by atoms with E-state index in [-0.39, 0.29) is 22.3 Å². The van der Waals surface area contributed by atoms with Crippen LogP contribution in [0.15, 0.2) is 18.2 Å². The van der Waals surface area contributed by atoms with Crippen molar-refractivity contribution in [1.82, 2.24) is 0 Å². The first kappa shape index (κ1) is 12.8. The summed E-state index contributed by atoms with van der Waals surface area (Å²) in [4.78, 5) is 10.7. The summed E-state index contributed by atoms with van der Waals surface area (Å²) in [6.45, 7) is 6.55. The van der Waals surface area contributed by atoms with Gasteiger partial charge in [-0.15, -0.1) is 0 Å². The molecule has 1 aromatic rings. The van der Waals surface area contributed by atoms with E-state index in [1.807, 2.05) is 26.8 Å². The Kier molecular flexibility index (Phi) is 3.26. The van der Waals surface area contributed by atoms with E-state index in [0.717, 1.165) is 12.0 Å². The second kappa shape index (κ2) is 4.57. The number of rotatable bonds is 3. The molecule has 1 aliphatic heterocycles. The number of nitro groups is 1. The second-order valence-corrected chi connectivity index (χ2v) is 5.08. The van der Waals surface area contributed by atoms with Gasteiger partial charge in [-0.2, -0.15) is 0 Å². The zero-order valence-electron chi connectivity index (χ0n) is 10.9. The highest BCUT2D eigenvalue weighted by molar-refractivity contribution is 5.63. The number of nitrogens with one attached hydrogen (secondary N) is 1. The van der Waals surface area contributed by atoms with Crippen molar-refractivity contribution in [3.8, 4) is 0 Å². The number of ether oxygens (including phenoxy) is 1. The molecule has 0 spiro atoms. The molecule has 5 heteroatoms. The van der Waals surface area contributed by atoms with E-state index in [1.165, 1.54) is 0 Å². The van der Waals surface area contributed by atoms with Crippen LogP contribution in [0.5, 0.6) is 0 Å². The van der Waals surface area contributed by atoms with Gasteiger partial charge in [0.2, 0.25) is 0 Å². The van der Waals surface area contributed by atoms with Crippen molar-refractivity contribution in [2.45, 2.75) is 38.8 Å². The lowest BCUT2D eigenvalue weighted by atomic mass is 9.94. The molecule has 2 unspecified atom stereocenters. The van der Waals surface area contributed by atoms with Crippen LogP contribution in [0.2, 0.25) is 0 Å². The smallest absolute Gasteiger partial charge is 0.292 e. The van der Waals surface area contributed by atoms with Crippen LogP contribution in [0.25, 0.3) is 0 Å². The van der Waals surface area contributed by atoms with Crippen LogP contribution in [-0.4, -0.2) is 23.2 Å². The van der Waals surface area contributed by atoms with Crippen LogP contribution in [0, 0.1) is 17.0 Å². The highest BCUT2D eigenvalue weighted by Gasteiger charge is 2.38. The van der Waals surface area contributed by atoms with Crippen molar-refractivity contribution in [3.05, 3.63) is 33.9 Å². The minimum atomic E-state index is -0.348. The summed E-state index contributed by atoms with van der Waals surface area (Å²) in [7, 11) is 0. The van der Waals surface area contributed by atoms with Gasteiger partial charge in [-0.25, -0.2) is 0 Å². The lowest BCUT2D eigenvalue weighted by Crippen LogP contribution is -2.41. The zero-order valence-corrected chi connectivity index (χ0v) is 10.9. The Morgan fingerprint density at radius 1 is 1.56 bits per heavy atom. The van der Waals surface area contributed by atoms with E-state index in [1.54, 1.807) is 12.1 Å². The lowest BCUT2D eigenvalue weighted by molar-refractivity contribution is -0.384. The van der Waals surface area contributed by atoms with Crippen molar-refractivity contribution in [3.63, 3.8) is 0 Å². The molecule has 0 aromatic heterocycles. The van der Waals surface area contributed by atoms with Crippen molar-refractivity contribution >= 4 is 11.4 Å².